The fourth-order valence-corrected chi connectivity index (χ4v) is 3.58. The van der Waals surface area contributed by atoms with Gasteiger partial charge in [0.05, 0.1) is 13.2 Å². The van der Waals surface area contributed by atoms with Crippen molar-refractivity contribution < 1.29 is 14.3 Å². The molecule has 24 heavy (non-hydrogen) atoms. The molecule has 2 heterocycles. The van der Waals surface area contributed by atoms with Crippen molar-refractivity contribution in [3.63, 3.8) is 0 Å². The highest BCUT2D eigenvalue weighted by Gasteiger charge is 2.45. The van der Waals surface area contributed by atoms with Crippen LogP contribution in [0.4, 0.5) is 4.79 Å². The SMILES string of the molecule is Cc1ccc(CN2C(=O)[C@@H]3CCCCN3C2=O)c(OCC2CC2)c1. The Bertz CT molecular complexity index is 645. The summed E-state index contributed by atoms with van der Waals surface area (Å²) in [5.74, 6) is 1.43. The number of amides is 3. The van der Waals surface area contributed by atoms with Crippen molar-refractivity contribution in [1.82, 2.24) is 9.80 Å². The maximum Gasteiger partial charge on any atom is 0.327 e. The van der Waals surface area contributed by atoms with Crippen LogP contribution in [0.15, 0.2) is 18.2 Å². The van der Waals surface area contributed by atoms with E-state index in [4.69, 9.17) is 4.74 Å². The quantitative estimate of drug-likeness (QED) is 0.781. The second kappa shape index (κ2) is 6.11. The average molecular weight is 328 g/mol. The van der Waals surface area contributed by atoms with Gasteiger partial charge >= 0.3 is 6.03 Å². The Morgan fingerprint density at radius 1 is 1.17 bits per heavy atom. The van der Waals surface area contributed by atoms with Crippen molar-refractivity contribution in [2.75, 3.05) is 13.2 Å². The number of piperidine rings is 1. The third-order valence-electron chi connectivity index (χ3n) is 5.25. The number of fused-ring (bicyclic) bond motifs is 1. The van der Waals surface area contributed by atoms with Crippen molar-refractivity contribution in [2.24, 2.45) is 5.92 Å². The van der Waals surface area contributed by atoms with E-state index in [9.17, 15) is 9.59 Å². The van der Waals surface area contributed by atoms with Crippen LogP contribution in [0.2, 0.25) is 0 Å². The number of benzene rings is 1. The lowest BCUT2D eigenvalue weighted by Crippen LogP contribution is -2.38. The first-order chi connectivity index (χ1) is 11.6. The van der Waals surface area contributed by atoms with E-state index in [1.807, 2.05) is 25.1 Å². The summed E-state index contributed by atoms with van der Waals surface area (Å²) >= 11 is 0. The lowest BCUT2D eigenvalue weighted by Gasteiger charge is -2.26. The Hall–Kier alpha value is -2.04. The van der Waals surface area contributed by atoms with Crippen LogP contribution < -0.4 is 4.74 Å². The van der Waals surface area contributed by atoms with Crippen LogP contribution in [-0.2, 0) is 11.3 Å². The van der Waals surface area contributed by atoms with Gasteiger partial charge in [-0.1, -0.05) is 12.1 Å². The number of carbonyl (C=O) groups excluding carboxylic acids is 2. The van der Waals surface area contributed by atoms with Gasteiger partial charge in [0.15, 0.2) is 0 Å². The highest BCUT2D eigenvalue weighted by Crippen LogP contribution is 2.32. The summed E-state index contributed by atoms with van der Waals surface area (Å²) in [4.78, 5) is 28.4. The van der Waals surface area contributed by atoms with Gasteiger partial charge in [-0.15, -0.1) is 0 Å². The van der Waals surface area contributed by atoms with E-state index in [0.717, 1.165) is 42.7 Å². The summed E-state index contributed by atoms with van der Waals surface area (Å²) in [7, 11) is 0. The summed E-state index contributed by atoms with van der Waals surface area (Å²) in [6.07, 6.45) is 5.28. The summed E-state index contributed by atoms with van der Waals surface area (Å²) in [6, 6.07) is 5.62. The minimum atomic E-state index is -0.243. The molecular weight excluding hydrogens is 304 g/mol. The van der Waals surface area contributed by atoms with E-state index >= 15 is 0 Å². The molecule has 3 fully saturated rings. The first kappa shape index (κ1) is 15.5. The van der Waals surface area contributed by atoms with Gasteiger partial charge in [-0.3, -0.25) is 9.69 Å². The van der Waals surface area contributed by atoms with Gasteiger partial charge in [0.25, 0.3) is 5.91 Å². The zero-order chi connectivity index (χ0) is 16.7. The summed E-state index contributed by atoms with van der Waals surface area (Å²) in [5, 5.41) is 0. The highest BCUT2D eigenvalue weighted by molar-refractivity contribution is 6.04. The Labute approximate surface area is 142 Å². The molecule has 5 heteroatoms. The number of nitrogens with zero attached hydrogens (tertiary/aromatic N) is 2. The predicted octanol–water partition coefficient (Wildman–Crippen LogP) is 3.10. The monoisotopic (exact) mass is 328 g/mol. The molecule has 0 radical (unpaired) electrons. The second-order valence-corrected chi connectivity index (χ2v) is 7.28. The standard InChI is InChI=1S/C19H24N2O3/c1-13-5-8-15(17(10-13)24-12-14-6-7-14)11-21-18(22)16-4-2-3-9-20(16)19(21)23/h5,8,10,14,16H,2-4,6-7,9,11-12H2,1H3/t16-/m0/s1. The molecule has 0 N–H and O–H groups in total. The van der Waals surface area contributed by atoms with Crippen molar-refractivity contribution in [3.05, 3.63) is 29.3 Å². The van der Waals surface area contributed by atoms with Gasteiger partial charge in [-0.25, -0.2) is 4.79 Å². The van der Waals surface area contributed by atoms with E-state index in [1.165, 1.54) is 17.7 Å². The number of hydrogen-bond donors (Lipinski definition) is 0. The van der Waals surface area contributed by atoms with Crippen LogP contribution in [0.3, 0.4) is 0 Å². The first-order valence-electron chi connectivity index (χ1n) is 8.98. The van der Waals surface area contributed by atoms with Gasteiger partial charge in [0, 0.05) is 12.1 Å². The molecule has 2 saturated heterocycles. The van der Waals surface area contributed by atoms with Crippen LogP contribution in [0.25, 0.3) is 0 Å². The third-order valence-corrected chi connectivity index (χ3v) is 5.25. The molecule has 0 aromatic heterocycles. The van der Waals surface area contributed by atoms with Gasteiger partial charge in [-0.2, -0.15) is 0 Å². The summed E-state index contributed by atoms with van der Waals surface area (Å²) < 4.78 is 5.98. The number of carbonyl (C=O) groups is 2. The first-order valence-corrected chi connectivity index (χ1v) is 8.98. The smallest absolute Gasteiger partial charge is 0.327 e. The number of imide groups is 1. The molecule has 1 aliphatic carbocycles. The highest BCUT2D eigenvalue weighted by atomic mass is 16.5. The lowest BCUT2D eigenvalue weighted by molar-refractivity contribution is -0.129. The Kier molecular flexibility index (Phi) is 3.94. The molecule has 1 aromatic rings. The maximum atomic E-state index is 12.6. The molecule has 0 unspecified atom stereocenters. The summed E-state index contributed by atoms with van der Waals surface area (Å²) in [5.41, 5.74) is 2.05. The zero-order valence-corrected chi connectivity index (χ0v) is 14.2. The van der Waals surface area contributed by atoms with E-state index in [0.29, 0.717) is 19.0 Å². The predicted molar refractivity (Wildman–Crippen MR) is 89.7 cm³/mol. The molecule has 1 atom stereocenters. The van der Waals surface area contributed by atoms with E-state index in [1.54, 1.807) is 4.90 Å². The van der Waals surface area contributed by atoms with Gasteiger partial charge in [0.1, 0.15) is 11.8 Å². The molecule has 128 valence electrons. The van der Waals surface area contributed by atoms with Crippen molar-refractivity contribution in [2.45, 2.75) is 51.6 Å². The van der Waals surface area contributed by atoms with E-state index < -0.39 is 0 Å². The van der Waals surface area contributed by atoms with Crippen LogP contribution in [0, 0.1) is 12.8 Å². The van der Waals surface area contributed by atoms with Crippen molar-refractivity contribution >= 4 is 11.9 Å². The minimum absolute atomic E-state index is 0.0478. The second-order valence-electron chi connectivity index (χ2n) is 7.28. The van der Waals surface area contributed by atoms with Crippen LogP contribution >= 0.6 is 0 Å². The minimum Gasteiger partial charge on any atom is -0.493 e. The Morgan fingerprint density at radius 3 is 2.75 bits per heavy atom. The molecular formula is C19H24N2O3. The summed E-state index contributed by atoms with van der Waals surface area (Å²) in [6.45, 7) is 3.77. The maximum absolute atomic E-state index is 12.6. The largest absolute Gasteiger partial charge is 0.493 e. The number of ether oxygens (including phenoxy) is 1. The van der Waals surface area contributed by atoms with Crippen molar-refractivity contribution in [1.29, 1.82) is 0 Å². The van der Waals surface area contributed by atoms with Crippen LogP contribution in [-0.4, -0.2) is 40.9 Å². The van der Waals surface area contributed by atoms with Gasteiger partial charge in [-0.05, 0) is 56.6 Å². The fourth-order valence-electron chi connectivity index (χ4n) is 3.58. The molecule has 3 amide bonds. The molecule has 0 bridgehead atoms. The lowest BCUT2D eigenvalue weighted by atomic mass is 10.0. The van der Waals surface area contributed by atoms with E-state index in [-0.39, 0.29) is 18.0 Å². The molecule has 3 aliphatic rings. The zero-order valence-electron chi connectivity index (χ0n) is 14.2. The Balaban J connectivity index is 1.53. The number of aryl methyl sites for hydroxylation is 1. The average Bonchev–Trinajstić information content (AvgIpc) is 3.39. The fraction of sp³-hybridized carbons (Fsp3) is 0.579. The Morgan fingerprint density at radius 2 is 2.00 bits per heavy atom. The molecule has 4 rings (SSSR count). The molecule has 5 nitrogen and oxygen atoms in total. The molecule has 1 aromatic carbocycles. The van der Waals surface area contributed by atoms with Gasteiger partial charge in [0.2, 0.25) is 0 Å². The number of hydrogen-bond acceptors (Lipinski definition) is 3. The molecule has 0 spiro atoms. The van der Waals surface area contributed by atoms with E-state index in [2.05, 4.69) is 0 Å². The number of urea groups is 1. The van der Waals surface area contributed by atoms with Gasteiger partial charge < -0.3 is 9.64 Å². The topological polar surface area (TPSA) is 49.9 Å². The molecule has 1 saturated carbocycles. The van der Waals surface area contributed by atoms with Crippen molar-refractivity contribution in [3.8, 4) is 5.75 Å². The normalized spacial score (nSPS) is 23.6. The third kappa shape index (κ3) is 2.87. The molecule has 2 aliphatic heterocycles. The number of rotatable bonds is 5. The van der Waals surface area contributed by atoms with Crippen LogP contribution in [0.1, 0.15) is 43.2 Å². The van der Waals surface area contributed by atoms with Crippen LogP contribution in [0.5, 0.6) is 5.75 Å².